The van der Waals surface area contributed by atoms with Crippen LogP contribution in [0.5, 0.6) is 0 Å². The van der Waals surface area contributed by atoms with Crippen LogP contribution in [0.3, 0.4) is 0 Å². The summed E-state index contributed by atoms with van der Waals surface area (Å²) in [7, 11) is -3.76. The van der Waals surface area contributed by atoms with Crippen molar-refractivity contribution in [2.45, 2.75) is 59.2 Å². The summed E-state index contributed by atoms with van der Waals surface area (Å²) in [6.45, 7) is 7.28. The molecular weight excluding hydrogens is 522 g/mol. The summed E-state index contributed by atoms with van der Waals surface area (Å²) in [5.74, 6) is -2.52. The van der Waals surface area contributed by atoms with Gasteiger partial charge in [0.1, 0.15) is 0 Å². The highest BCUT2D eigenvalue weighted by molar-refractivity contribution is 7.88. The van der Waals surface area contributed by atoms with E-state index in [2.05, 4.69) is 10.9 Å². The fraction of sp³-hybridized carbons (Fsp3) is 0.643. The summed E-state index contributed by atoms with van der Waals surface area (Å²) in [6.07, 6.45) is 7.46. The molecular formula is C28H43N3O7S. The molecule has 3 rings (SSSR count). The average molecular weight is 566 g/mol. The Bertz CT molecular complexity index is 1070. The first-order valence-electron chi connectivity index (χ1n) is 13.6. The fourth-order valence-electron chi connectivity index (χ4n) is 4.67. The van der Waals surface area contributed by atoms with Crippen molar-refractivity contribution < 1.29 is 32.3 Å². The van der Waals surface area contributed by atoms with E-state index in [0.29, 0.717) is 32.7 Å². The smallest absolute Gasteiger partial charge is 0.247 e. The second-order valence-electron chi connectivity index (χ2n) is 11.3. The van der Waals surface area contributed by atoms with Crippen LogP contribution in [0, 0.1) is 23.2 Å². The lowest BCUT2D eigenvalue weighted by Gasteiger charge is -2.41. The van der Waals surface area contributed by atoms with Gasteiger partial charge in [-0.25, -0.2) is 18.7 Å². The molecule has 39 heavy (non-hydrogen) atoms. The zero-order chi connectivity index (χ0) is 28.5. The molecule has 11 heteroatoms. The lowest BCUT2D eigenvalue weighted by atomic mass is 9.82. The van der Waals surface area contributed by atoms with Crippen LogP contribution in [0.25, 0.3) is 6.08 Å². The van der Waals surface area contributed by atoms with Gasteiger partial charge < -0.3 is 9.47 Å². The maximum Gasteiger partial charge on any atom is 0.247 e. The van der Waals surface area contributed by atoms with Gasteiger partial charge in [-0.2, -0.15) is 0 Å². The molecule has 2 N–H and O–H groups in total. The summed E-state index contributed by atoms with van der Waals surface area (Å²) >= 11 is 0. The third-order valence-corrected chi connectivity index (χ3v) is 7.90. The van der Waals surface area contributed by atoms with Crippen molar-refractivity contribution in [3.8, 4) is 0 Å². The van der Waals surface area contributed by atoms with Crippen LogP contribution < -0.4 is 10.9 Å². The number of allylic oxidation sites excluding steroid dienone is 1. The second-order valence-corrected chi connectivity index (χ2v) is 13.2. The van der Waals surface area contributed by atoms with Crippen molar-refractivity contribution in [1.29, 1.82) is 0 Å². The Morgan fingerprint density at radius 2 is 1.87 bits per heavy atom. The lowest BCUT2D eigenvalue weighted by Crippen LogP contribution is -2.57. The zero-order valence-corrected chi connectivity index (χ0v) is 24.2. The third kappa shape index (κ3) is 9.99. The van der Waals surface area contributed by atoms with E-state index in [-0.39, 0.29) is 18.9 Å². The van der Waals surface area contributed by atoms with Gasteiger partial charge in [-0.15, -0.1) is 4.41 Å². The molecule has 1 aromatic rings. The minimum atomic E-state index is -3.76. The summed E-state index contributed by atoms with van der Waals surface area (Å²) in [4.78, 5) is 32.7. The van der Waals surface area contributed by atoms with Gasteiger partial charge in [0.25, 0.3) is 0 Å². The summed E-state index contributed by atoms with van der Waals surface area (Å²) in [5.41, 5.74) is 5.71. The van der Waals surface area contributed by atoms with Crippen LogP contribution in [-0.4, -0.2) is 63.6 Å². The molecule has 2 aliphatic heterocycles. The Balaban J connectivity index is 1.81. The second kappa shape index (κ2) is 14.4. The molecule has 2 amide bonds. The Hall–Kier alpha value is -2.31. The molecule has 0 aliphatic carbocycles. The summed E-state index contributed by atoms with van der Waals surface area (Å²) in [5, 5.41) is 0. The molecule has 0 bridgehead atoms. The van der Waals surface area contributed by atoms with Crippen molar-refractivity contribution in [2.75, 3.05) is 32.6 Å². The molecule has 0 radical (unpaired) electrons. The highest BCUT2D eigenvalue weighted by atomic mass is 32.2. The van der Waals surface area contributed by atoms with Crippen LogP contribution in [-0.2, 0) is 33.9 Å². The van der Waals surface area contributed by atoms with E-state index in [1.807, 2.05) is 63.3 Å². The number of rotatable bonds is 14. The minimum absolute atomic E-state index is 0.0704. The standard InChI is InChI=1S/C28H43N3O7S/c1-21(2)17-24(26(32)29-31(39(4,34)35)18-28(3)19-36-20-28)23(14-10-13-22-11-6-5-7-12-22)27(33)30-38-25-15-8-9-16-37-25/h5-7,10-13,21,23-25H,8-9,14-20H2,1-4H3,(H,29,32)(H,30,33)/b13-10+/t23-,24+,25?/m0/s1. The summed E-state index contributed by atoms with van der Waals surface area (Å²) < 4.78 is 37.0. The Morgan fingerprint density at radius 3 is 2.44 bits per heavy atom. The van der Waals surface area contributed by atoms with E-state index in [1.165, 1.54) is 0 Å². The number of nitrogens with one attached hydrogen (secondary N) is 2. The zero-order valence-electron chi connectivity index (χ0n) is 23.4. The number of benzene rings is 1. The SMILES string of the molecule is CC(C)C[C@@H](C(=O)NN(CC1(C)COC1)S(C)(=O)=O)[C@H](C/C=C/c1ccccc1)C(=O)NOC1CCCCO1. The van der Waals surface area contributed by atoms with E-state index in [9.17, 15) is 18.0 Å². The number of hydroxylamine groups is 1. The first-order chi connectivity index (χ1) is 18.5. The van der Waals surface area contributed by atoms with Crippen LogP contribution >= 0.6 is 0 Å². The monoisotopic (exact) mass is 565 g/mol. The van der Waals surface area contributed by atoms with Gasteiger partial charge in [-0.1, -0.05) is 63.3 Å². The molecule has 1 unspecified atom stereocenters. The van der Waals surface area contributed by atoms with Gasteiger partial charge in [0.2, 0.25) is 21.8 Å². The molecule has 2 fully saturated rings. The fourth-order valence-corrected chi connectivity index (χ4v) is 5.47. The highest BCUT2D eigenvalue weighted by Crippen LogP contribution is 2.29. The van der Waals surface area contributed by atoms with Gasteiger partial charge in [0.15, 0.2) is 6.29 Å². The van der Waals surface area contributed by atoms with Gasteiger partial charge in [-0.3, -0.25) is 15.0 Å². The first-order valence-corrected chi connectivity index (χ1v) is 15.5. The maximum absolute atomic E-state index is 13.7. The van der Waals surface area contributed by atoms with Crippen molar-refractivity contribution >= 4 is 27.9 Å². The first kappa shape index (κ1) is 31.2. The quantitative estimate of drug-likeness (QED) is 0.332. The molecule has 3 atom stereocenters. The summed E-state index contributed by atoms with van der Waals surface area (Å²) in [6, 6.07) is 9.66. The predicted molar refractivity (Wildman–Crippen MR) is 148 cm³/mol. The van der Waals surface area contributed by atoms with Gasteiger partial charge in [0, 0.05) is 25.0 Å². The van der Waals surface area contributed by atoms with Crippen molar-refractivity contribution in [2.24, 2.45) is 23.2 Å². The number of ether oxygens (including phenoxy) is 2. The highest BCUT2D eigenvalue weighted by Gasteiger charge is 2.40. The number of hydrogen-bond acceptors (Lipinski definition) is 7. The van der Waals surface area contributed by atoms with Crippen LogP contribution in [0.15, 0.2) is 36.4 Å². The Kier molecular flexibility index (Phi) is 11.5. The van der Waals surface area contributed by atoms with Crippen molar-refractivity contribution in [3.05, 3.63) is 42.0 Å². The van der Waals surface area contributed by atoms with Crippen LogP contribution in [0.4, 0.5) is 0 Å². The van der Waals surface area contributed by atoms with E-state index in [1.54, 1.807) is 0 Å². The van der Waals surface area contributed by atoms with Crippen molar-refractivity contribution in [3.63, 3.8) is 0 Å². The molecule has 0 saturated carbocycles. The van der Waals surface area contributed by atoms with E-state index in [0.717, 1.165) is 29.1 Å². The van der Waals surface area contributed by atoms with Gasteiger partial charge >= 0.3 is 0 Å². The molecule has 2 aliphatic rings. The number of nitrogens with zero attached hydrogens (tertiary/aromatic N) is 1. The van der Waals surface area contributed by atoms with E-state index >= 15 is 0 Å². The number of hydrogen-bond donors (Lipinski definition) is 2. The predicted octanol–water partition coefficient (Wildman–Crippen LogP) is 3.27. The number of sulfonamides is 1. The minimum Gasteiger partial charge on any atom is -0.380 e. The molecule has 10 nitrogen and oxygen atoms in total. The van der Waals surface area contributed by atoms with Crippen molar-refractivity contribution in [1.82, 2.24) is 15.3 Å². The molecule has 1 aromatic carbocycles. The Labute approximate surface area is 232 Å². The normalized spacial score (nSPS) is 20.9. The van der Waals surface area contributed by atoms with Crippen LogP contribution in [0.2, 0.25) is 0 Å². The maximum atomic E-state index is 13.7. The molecule has 218 valence electrons. The molecule has 0 aromatic heterocycles. The van der Waals surface area contributed by atoms with Crippen LogP contribution in [0.1, 0.15) is 58.4 Å². The molecule has 2 heterocycles. The largest absolute Gasteiger partial charge is 0.380 e. The topological polar surface area (TPSA) is 123 Å². The molecule has 0 spiro atoms. The van der Waals surface area contributed by atoms with Gasteiger partial charge in [-0.05, 0) is 37.2 Å². The number of hydrazine groups is 1. The van der Waals surface area contributed by atoms with E-state index in [4.69, 9.17) is 14.3 Å². The lowest BCUT2D eigenvalue weighted by molar-refractivity contribution is -0.203. The number of carbonyl (C=O) groups excluding carboxylic acids is 2. The molecule has 2 saturated heterocycles. The van der Waals surface area contributed by atoms with E-state index < -0.39 is 45.4 Å². The number of amides is 2. The average Bonchev–Trinajstić information content (AvgIpc) is 2.88. The van der Waals surface area contributed by atoms with Gasteiger partial charge in [0.05, 0.1) is 31.3 Å². The third-order valence-electron chi connectivity index (χ3n) is 6.87. The Morgan fingerprint density at radius 1 is 1.15 bits per heavy atom. The number of carbonyl (C=O) groups is 2.